The number of ether oxygens (including phenoxy) is 1. The van der Waals surface area contributed by atoms with Crippen LogP contribution in [-0.4, -0.2) is 39.5 Å². The van der Waals surface area contributed by atoms with Crippen molar-refractivity contribution in [3.8, 4) is 16.2 Å². The first-order valence-corrected chi connectivity index (χ1v) is 7.66. The van der Waals surface area contributed by atoms with Crippen LogP contribution in [0, 0.1) is 0 Å². The molecule has 2 rings (SSSR count). The minimum atomic E-state index is -0.558. The zero-order chi connectivity index (χ0) is 15.3. The molecule has 2 aromatic rings. The number of benzene rings is 1. The maximum atomic E-state index is 9.99. The Kier molecular flexibility index (Phi) is 7.22. The second-order valence-corrected chi connectivity index (χ2v) is 6.66. The van der Waals surface area contributed by atoms with Gasteiger partial charge in [0.2, 0.25) is 0 Å². The average molecular weight is 344 g/mol. The third-order valence-corrected chi connectivity index (χ3v) is 3.51. The van der Waals surface area contributed by atoms with Gasteiger partial charge in [0.15, 0.2) is 0 Å². The van der Waals surface area contributed by atoms with Gasteiger partial charge in [-0.15, -0.1) is 17.5 Å². The first kappa shape index (κ1) is 18.8. The molecule has 2 N–H and O–H groups in total. The summed E-state index contributed by atoms with van der Waals surface area (Å²) in [6.07, 6.45) is 1.15. The van der Waals surface area contributed by atoms with E-state index in [9.17, 15) is 5.11 Å². The molecular formula is C15H22ClN3O2S. The normalized spacial score (nSPS) is 12.5. The molecule has 1 heterocycles. The van der Waals surface area contributed by atoms with Crippen LogP contribution in [-0.2, 0) is 0 Å². The summed E-state index contributed by atoms with van der Waals surface area (Å²) >= 11 is 1.32. The Morgan fingerprint density at radius 2 is 2.05 bits per heavy atom. The van der Waals surface area contributed by atoms with E-state index in [0.717, 1.165) is 16.2 Å². The van der Waals surface area contributed by atoms with Gasteiger partial charge in [0.05, 0.1) is 11.1 Å². The second-order valence-electron chi connectivity index (χ2n) is 5.87. The minimum Gasteiger partial charge on any atom is -0.490 e. The van der Waals surface area contributed by atoms with Crippen molar-refractivity contribution in [3.63, 3.8) is 0 Å². The lowest BCUT2D eigenvalue weighted by molar-refractivity contribution is 0.100. The van der Waals surface area contributed by atoms with Gasteiger partial charge in [0.25, 0.3) is 0 Å². The zero-order valence-electron chi connectivity index (χ0n) is 12.9. The number of hydrogen-bond acceptors (Lipinski definition) is 6. The van der Waals surface area contributed by atoms with E-state index in [2.05, 4.69) is 35.7 Å². The molecule has 0 aliphatic rings. The second kappa shape index (κ2) is 8.43. The SMILES string of the molecule is CC(C)(C)NCC(O)COc1ccccc1-c1cnns1.Cl. The van der Waals surface area contributed by atoms with Crippen molar-refractivity contribution in [3.05, 3.63) is 30.5 Å². The highest BCUT2D eigenvalue weighted by atomic mass is 35.5. The first-order chi connectivity index (χ1) is 9.96. The average Bonchev–Trinajstić information content (AvgIpc) is 2.96. The molecule has 0 fully saturated rings. The molecule has 22 heavy (non-hydrogen) atoms. The van der Waals surface area contributed by atoms with E-state index >= 15 is 0 Å². The Morgan fingerprint density at radius 1 is 1.32 bits per heavy atom. The molecule has 122 valence electrons. The number of halogens is 1. The standard InChI is InChI=1S/C15H21N3O2S.ClH/c1-15(2,3)16-8-11(19)10-20-13-7-5-4-6-12(13)14-9-17-18-21-14;/h4-7,9,11,16,19H,8,10H2,1-3H3;1H. The van der Waals surface area contributed by atoms with E-state index in [1.54, 1.807) is 6.20 Å². The molecule has 7 heteroatoms. The molecule has 1 aromatic heterocycles. The highest BCUT2D eigenvalue weighted by Gasteiger charge is 2.14. The third-order valence-electron chi connectivity index (χ3n) is 2.81. The van der Waals surface area contributed by atoms with Gasteiger partial charge in [-0.05, 0) is 44.4 Å². The van der Waals surface area contributed by atoms with Gasteiger partial charge in [-0.3, -0.25) is 0 Å². The van der Waals surface area contributed by atoms with E-state index in [1.165, 1.54) is 11.5 Å². The van der Waals surface area contributed by atoms with Crippen molar-refractivity contribution < 1.29 is 9.84 Å². The van der Waals surface area contributed by atoms with Gasteiger partial charge in [0.1, 0.15) is 18.5 Å². The van der Waals surface area contributed by atoms with Gasteiger partial charge in [-0.1, -0.05) is 16.6 Å². The molecular weight excluding hydrogens is 322 g/mol. The molecule has 1 atom stereocenters. The Labute approximate surface area is 141 Å². The molecule has 0 saturated carbocycles. The number of β-amino-alcohol motifs (C(OH)–C–C–N with tert-alkyl or cyclic N) is 1. The van der Waals surface area contributed by atoms with Crippen molar-refractivity contribution in [2.24, 2.45) is 0 Å². The van der Waals surface area contributed by atoms with Crippen molar-refractivity contribution in [1.29, 1.82) is 0 Å². The number of nitrogens with one attached hydrogen (secondary N) is 1. The van der Waals surface area contributed by atoms with Crippen LogP contribution < -0.4 is 10.1 Å². The lowest BCUT2D eigenvalue weighted by atomic mass is 10.1. The molecule has 1 unspecified atom stereocenters. The summed E-state index contributed by atoms with van der Waals surface area (Å²) in [7, 11) is 0. The van der Waals surface area contributed by atoms with Crippen molar-refractivity contribution in [2.75, 3.05) is 13.2 Å². The van der Waals surface area contributed by atoms with Crippen molar-refractivity contribution >= 4 is 23.9 Å². The van der Waals surface area contributed by atoms with E-state index in [1.807, 2.05) is 24.3 Å². The number of aliphatic hydroxyl groups excluding tert-OH is 1. The van der Waals surface area contributed by atoms with Crippen molar-refractivity contribution in [1.82, 2.24) is 14.9 Å². The van der Waals surface area contributed by atoms with E-state index in [-0.39, 0.29) is 24.6 Å². The summed E-state index contributed by atoms with van der Waals surface area (Å²) in [5, 5.41) is 17.1. The number of aromatic nitrogens is 2. The predicted molar refractivity (Wildman–Crippen MR) is 91.9 cm³/mol. The van der Waals surface area contributed by atoms with Crippen LogP contribution in [0.25, 0.3) is 10.4 Å². The van der Waals surface area contributed by atoms with Crippen LogP contribution in [0.4, 0.5) is 0 Å². The largest absolute Gasteiger partial charge is 0.490 e. The fraction of sp³-hybridized carbons (Fsp3) is 0.467. The lowest BCUT2D eigenvalue weighted by Gasteiger charge is -2.23. The van der Waals surface area contributed by atoms with Crippen LogP contribution in [0.15, 0.2) is 30.5 Å². The monoisotopic (exact) mass is 343 g/mol. The smallest absolute Gasteiger partial charge is 0.128 e. The Morgan fingerprint density at radius 3 is 2.68 bits per heavy atom. The van der Waals surface area contributed by atoms with Crippen LogP contribution in [0.1, 0.15) is 20.8 Å². The van der Waals surface area contributed by atoms with Gasteiger partial charge in [-0.2, -0.15) is 0 Å². The molecule has 1 aromatic carbocycles. The molecule has 0 bridgehead atoms. The number of nitrogens with zero attached hydrogens (tertiary/aromatic N) is 2. The molecule has 0 aliphatic carbocycles. The Hall–Kier alpha value is -1.21. The summed E-state index contributed by atoms with van der Waals surface area (Å²) in [5.74, 6) is 0.735. The number of hydrogen-bond donors (Lipinski definition) is 2. The Bertz CT molecular complexity index is 558. The van der Waals surface area contributed by atoms with Crippen molar-refractivity contribution in [2.45, 2.75) is 32.4 Å². The number of para-hydroxylation sites is 1. The van der Waals surface area contributed by atoms with Gasteiger partial charge in [-0.25, -0.2) is 0 Å². The molecule has 0 aliphatic heterocycles. The maximum absolute atomic E-state index is 9.99. The van der Waals surface area contributed by atoms with E-state index in [0.29, 0.717) is 6.54 Å². The minimum absolute atomic E-state index is 0. The predicted octanol–water partition coefficient (Wildman–Crippen LogP) is 2.75. The van der Waals surface area contributed by atoms with Gasteiger partial charge in [0, 0.05) is 17.6 Å². The first-order valence-electron chi connectivity index (χ1n) is 6.88. The molecule has 0 spiro atoms. The summed E-state index contributed by atoms with van der Waals surface area (Å²) in [6, 6.07) is 7.70. The summed E-state index contributed by atoms with van der Waals surface area (Å²) < 4.78 is 9.62. The highest BCUT2D eigenvalue weighted by molar-refractivity contribution is 7.09. The highest BCUT2D eigenvalue weighted by Crippen LogP contribution is 2.31. The summed E-state index contributed by atoms with van der Waals surface area (Å²) in [4.78, 5) is 0.952. The quantitative estimate of drug-likeness (QED) is 0.844. The zero-order valence-corrected chi connectivity index (χ0v) is 14.6. The molecule has 5 nitrogen and oxygen atoms in total. The number of aliphatic hydroxyl groups is 1. The topological polar surface area (TPSA) is 67.3 Å². The summed E-state index contributed by atoms with van der Waals surface area (Å²) in [6.45, 7) is 6.92. The summed E-state index contributed by atoms with van der Waals surface area (Å²) in [5.41, 5.74) is 0.927. The Balaban J connectivity index is 0.00000242. The lowest BCUT2D eigenvalue weighted by Crippen LogP contribution is -2.42. The van der Waals surface area contributed by atoms with Crippen LogP contribution in [0.2, 0.25) is 0 Å². The van der Waals surface area contributed by atoms with Gasteiger partial charge < -0.3 is 15.2 Å². The van der Waals surface area contributed by atoms with Crippen LogP contribution in [0.5, 0.6) is 5.75 Å². The molecule has 0 saturated heterocycles. The van der Waals surface area contributed by atoms with Gasteiger partial charge >= 0.3 is 0 Å². The fourth-order valence-corrected chi connectivity index (χ4v) is 2.29. The fourth-order valence-electron chi connectivity index (χ4n) is 1.75. The maximum Gasteiger partial charge on any atom is 0.128 e. The number of rotatable bonds is 6. The molecule has 0 radical (unpaired) electrons. The van der Waals surface area contributed by atoms with E-state index < -0.39 is 6.10 Å². The van der Waals surface area contributed by atoms with Crippen LogP contribution in [0.3, 0.4) is 0 Å². The van der Waals surface area contributed by atoms with Crippen LogP contribution >= 0.6 is 23.9 Å². The van der Waals surface area contributed by atoms with E-state index in [4.69, 9.17) is 4.74 Å². The molecule has 0 amide bonds. The third kappa shape index (κ3) is 5.88.